The van der Waals surface area contributed by atoms with Gasteiger partial charge in [0.25, 0.3) is 5.91 Å². The SMILES string of the molecule is Cn1nc(-c2ccccc2F)cc1-c1ncc(NC(=O)c2ccncc2F)s1. The van der Waals surface area contributed by atoms with Crippen LogP contribution in [0.1, 0.15) is 10.4 Å². The van der Waals surface area contributed by atoms with Crippen molar-refractivity contribution in [2.45, 2.75) is 0 Å². The molecule has 9 heteroatoms. The predicted molar refractivity (Wildman–Crippen MR) is 102 cm³/mol. The zero-order valence-corrected chi connectivity index (χ0v) is 15.4. The first kappa shape index (κ1) is 17.9. The van der Waals surface area contributed by atoms with Gasteiger partial charge in [-0.2, -0.15) is 5.10 Å². The van der Waals surface area contributed by atoms with E-state index in [1.165, 1.54) is 35.9 Å². The Hall–Kier alpha value is -3.46. The molecule has 0 aliphatic heterocycles. The first-order valence-corrected chi connectivity index (χ1v) is 9.00. The summed E-state index contributed by atoms with van der Waals surface area (Å²) in [5.41, 5.74) is 1.43. The minimum Gasteiger partial charge on any atom is -0.312 e. The molecule has 0 bridgehead atoms. The van der Waals surface area contributed by atoms with Crippen LogP contribution in [0.2, 0.25) is 0 Å². The summed E-state index contributed by atoms with van der Waals surface area (Å²) in [6, 6.07) is 9.41. The molecule has 3 heterocycles. The number of hydrogen-bond acceptors (Lipinski definition) is 5. The van der Waals surface area contributed by atoms with Crippen molar-refractivity contribution < 1.29 is 13.6 Å². The lowest BCUT2D eigenvalue weighted by atomic mass is 10.1. The van der Waals surface area contributed by atoms with E-state index in [1.807, 2.05) is 0 Å². The second-order valence-corrected chi connectivity index (χ2v) is 6.89. The Labute approximate surface area is 162 Å². The number of aromatic nitrogens is 4. The summed E-state index contributed by atoms with van der Waals surface area (Å²) >= 11 is 1.21. The number of hydrogen-bond donors (Lipinski definition) is 1. The molecule has 6 nitrogen and oxygen atoms in total. The Morgan fingerprint density at radius 3 is 2.75 bits per heavy atom. The van der Waals surface area contributed by atoms with Crippen molar-refractivity contribution in [3.05, 3.63) is 72.2 Å². The molecule has 0 atom stereocenters. The van der Waals surface area contributed by atoms with Crippen LogP contribution < -0.4 is 5.32 Å². The summed E-state index contributed by atoms with van der Waals surface area (Å²) in [7, 11) is 1.73. The van der Waals surface area contributed by atoms with Gasteiger partial charge in [0.2, 0.25) is 0 Å². The van der Waals surface area contributed by atoms with E-state index in [0.717, 1.165) is 6.20 Å². The molecule has 0 spiro atoms. The zero-order chi connectivity index (χ0) is 19.7. The maximum Gasteiger partial charge on any atom is 0.259 e. The second kappa shape index (κ2) is 7.28. The Morgan fingerprint density at radius 1 is 1.14 bits per heavy atom. The number of benzene rings is 1. The van der Waals surface area contributed by atoms with Gasteiger partial charge in [-0.3, -0.25) is 14.5 Å². The smallest absolute Gasteiger partial charge is 0.259 e. The molecule has 0 radical (unpaired) electrons. The quantitative estimate of drug-likeness (QED) is 0.562. The summed E-state index contributed by atoms with van der Waals surface area (Å²) in [6.07, 6.45) is 3.80. The Kier molecular flexibility index (Phi) is 4.66. The van der Waals surface area contributed by atoms with Crippen LogP contribution in [0.25, 0.3) is 22.0 Å². The van der Waals surface area contributed by atoms with E-state index in [4.69, 9.17) is 0 Å². The van der Waals surface area contributed by atoms with Gasteiger partial charge in [-0.25, -0.2) is 13.8 Å². The van der Waals surface area contributed by atoms with Gasteiger partial charge in [0.05, 0.1) is 29.3 Å². The van der Waals surface area contributed by atoms with E-state index in [0.29, 0.717) is 27.0 Å². The normalized spacial score (nSPS) is 10.8. The van der Waals surface area contributed by atoms with Crippen LogP contribution in [-0.2, 0) is 7.05 Å². The van der Waals surface area contributed by atoms with Crippen molar-refractivity contribution in [3.63, 3.8) is 0 Å². The summed E-state index contributed by atoms with van der Waals surface area (Å²) in [5, 5.41) is 8.00. The van der Waals surface area contributed by atoms with Crippen molar-refractivity contribution in [2.24, 2.45) is 7.05 Å². The van der Waals surface area contributed by atoms with E-state index >= 15 is 0 Å². The summed E-state index contributed by atoms with van der Waals surface area (Å²) in [5.74, 6) is -1.66. The monoisotopic (exact) mass is 397 g/mol. The third-order valence-corrected chi connectivity index (χ3v) is 4.94. The van der Waals surface area contributed by atoms with Gasteiger partial charge in [-0.15, -0.1) is 0 Å². The molecule has 0 unspecified atom stereocenters. The molecule has 4 aromatic rings. The number of rotatable bonds is 4. The van der Waals surface area contributed by atoms with E-state index in [1.54, 1.807) is 36.0 Å². The third-order valence-electron chi connectivity index (χ3n) is 4.01. The van der Waals surface area contributed by atoms with Crippen molar-refractivity contribution in [1.29, 1.82) is 0 Å². The minimum atomic E-state index is -0.703. The first-order chi connectivity index (χ1) is 13.5. The van der Waals surface area contributed by atoms with Crippen LogP contribution in [-0.4, -0.2) is 25.7 Å². The third kappa shape index (κ3) is 3.39. The number of pyridine rings is 1. The van der Waals surface area contributed by atoms with Crippen LogP contribution in [0.5, 0.6) is 0 Å². The Morgan fingerprint density at radius 2 is 1.96 bits per heavy atom. The predicted octanol–water partition coefficient (Wildman–Crippen LogP) is 4.14. The van der Waals surface area contributed by atoms with Gasteiger partial charge < -0.3 is 5.32 Å². The number of aryl methyl sites for hydroxylation is 1. The van der Waals surface area contributed by atoms with Crippen LogP contribution in [0.3, 0.4) is 0 Å². The number of thiazole rings is 1. The number of amides is 1. The number of anilines is 1. The molecular weight excluding hydrogens is 384 g/mol. The Balaban J connectivity index is 1.59. The lowest BCUT2D eigenvalue weighted by molar-refractivity contribution is 0.102. The molecule has 0 saturated heterocycles. The maximum atomic E-state index is 14.0. The fourth-order valence-corrected chi connectivity index (χ4v) is 3.52. The number of carbonyl (C=O) groups is 1. The topological polar surface area (TPSA) is 72.7 Å². The van der Waals surface area contributed by atoms with Crippen LogP contribution >= 0.6 is 11.3 Å². The molecule has 1 amide bonds. The molecule has 4 rings (SSSR count). The zero-order valence-electron chi connectivity index (χ0n) is 14.6. The van der Waals surface area contributed by atoms with Gasteiger partial charge in [-0.1, -0.05) is 23.5 Å². The van der Waals surface area contributed by atoms with Gasteiger partial charge in [-0.05, 0) is 24.3 Å². The highest BCUT2D eigenvalue weighted by Gasteiger charge is 2.17. The fourth-order valence-electron chi connectivity index (χ4n) is 2.66. The number of nitrogens with one attached hydrogen (secondary N) is 1. The van der Waals surface area contributed by atoms with Gasteiger partial charge >= 0.3 is 0 Å². The van der Waals surface area contributed by atoms with Crippen molar-refractivity contribution in [2.75, 3.05) is 5.32 Å². The molecule has 140 valence electrons. The first-order valence-electron chi connectivity index (χ1n) is 8.19. The molecule has 0 aliphatic rings. The summed E-state index contributed by atoms with van der Waals surface area (Å²) in [6.45, 7) is 0. The van der Waals surface area contributed by atoms with Crippen molar-refractivity contribution in [3.8, 4) is 22.0 Å². The van der Waals surface area contributed by atoms with Gasteiger partial charge in [0, 0.05) is 18.8 Å². The Bertz CT molecular complexity index is 1170. The lowest BCUT2D eigenvalue weighted by Crippen LogP contribution is -2.12. The largest absolute Gasteiger partial charge is 0.312 e. The van der Waals surface area contributed by atoms with Crippen molar-refractivity contribution in [1.82, 2.24) is 19.7 Å². The molecular formula is C19H13F2N5OS. The molecule has 28 heavy (non-hydrogen) atoms. The second-order valence-electron chi connectivity index (χ2n) is 5.86. The highest BCUT2D eigenvalue weighted by Crippen LogP contribution is 2.32. The van der Waals surface area contributed by atoms with E-state index in [9.17, 15) is 13.6 Å². The molecule has 1 aromatic carbocycles. The highest BCUT2D eigenvalue weighted by atomic mass is 32.1. The standard InChI is InChI=1S/C19H13F2N5OS/c1-26-16(8-15(25-26)11-4-2-3-5-13(11)20)19-23-10-17(28-19)24-18(27)12-6-7-22-9-14(12)21/h2-10H,1H3,(H,24,27). The summed E-state index contributed by atoms with van der Waals surface area (Å²) < 4.78 is 29.3. The molecule has 0 fully saturated rings. The average Bonchev–Trinajstić information content (AvgIpc) is 3.28. The number of halogens is 2. The maximum absolute atomic E-state index is 14.0. The highest BCUT2D eigenvalue weighted by molar-refractivity contribution is 7.19. The fraction of sp³-hybridized carbons (Fsp3) is 0.0526. The number of nitrogens with zero attached hydrogens (tertiary/aromatic N) is 4. The molecule has 1 N–H and O–H groups in total. The van der Waals surface area contributed by atoms with Crippen LogP contribution in [0.4, 0.5) is 13.8 Å². The summed E-state index contributed by atoms with van der Waals surface area (Å²) in [4.78, 5) is 20.1. The van der Waals surface area contributed by atoms with Crippen LogP contribution in [0.15, 0.2) is 55.0 Å². The van der Waals surface area contributed by atoms with E-state index in [2.05, 4.69) is 20.4 Å². The van der Waals surface area contributed by atoms with E-state index < -0.39 is 11.7 Å². The van der Waals surface area contributed by atoms with Gasteiger partial charge in [0.1, 0.15) is 15.8 Å². The van der Waals surface area contributed by atoms with E-state index in [-0.39, 0.29) is 11.4 Å². The lowest BCUT2D eigenvalue weighted by Gasteiger charge is -2.02. The average molecular weight is 397 g/mol. The number of carbonyl (C=O) groups excluding carboxylic acids is 1. The van der Waals surface area contributed by atoms with Crippen molar-refractivity contribution >= 4 is 22.2 Å². The minimum absolute atomic E-state index is 0.104. The molecule has 0 saturated carbocycles. The van der Waals surface area contributed by atoms with Crippen LogP contribution in [0, 0.1) is 11.6 Å². The molecule has 3 aromatic heterocycles. The van der Waals surface area contributed by atoms with Gasteiger partial charge in [0.15, 0.2) is 5.82 Å². The molecule has 0 aliphatic carbocycles.